The first-order valence-electron chi connectivity index (χ1n) is 5.84. The Kier molecular flexibility index (Phi) is 2.12. The Balaban J connectivity index is 1.92. The van der Waals surface area contributed by atoms with Crippen LogP contribution in [0.4, 0.5) is 0 Å². The molecule has 4 rings (SSSR count). The molecule has 0 amide bonds. The van der Waals surface area contributed by atoms with Crippen molar-refractivity contribution < 1.29 is 14.9 Å². The van der Waals surface area contributed by atoms with Gasteiger partial charge in [-0.25, -0.2) is 0 Å². The molecule has 0 aromatic carbocycles. The summed E-state index contributed by atoms with van der Waals surface area (Å²) < 4.78 is 5.15. The second-order valence-corrected chi connectivity index (χ2v) is 5.39. The van der Waals surface area contributed by atoms with Gasteiger partial charge in [0.25, 0.3) is 0 Å². The number of aliphatic hydroxyl groups is 2. The van der Waals surface area contributed by atoms with Crippen LogP contribution in [-0.2, 0) is 4.74 Å². The van der Waals surface area contributed by atoms with Crippen LogP contribution in [0.2, 0.25) is 0 Å². The Hall–Kier alpha value is -0.160. The summed E-state index contributed by atoms with van der Waals surface area (Å²) >= 11 is 0. The molecular weight excluding hydrogens is 194 g/mol. The zero-order valence-corrected chi connectivity index (χ0v) is 8.98. The minimum atomic E-state index is -0.772. The molecule has 0 aromatic heterocycles. The standard InChI is InChI=1S/C11H19NO3/c13-6-10(11(14)7-15-8-11)5-12-3-1-9(10)2-4-12/h9,13-14H,1-8H2. The summed E-state index contributed by atoms with van der Waals surface area (Å²) in [7, 11) is 0. The molecule has 15 heavy (non-hydrogen) atoms. The zero-order valence-electron chi connectivity index (χ0n) is 8.98. The molecule has 4 heteroatoms. The molecule has 0 spiro atoms. The van der Waals surface area contributed by atoms with Gasteiger partial charge < -0.3 is 19.8 Å². The Labute approximate surface area is 89.8 Å². The maximum Gasteiger partial charge on any atom is 0.120 e. The molecule has 4 nitrogen and oxygen atoms in total. The minimum Gasteiger partial charge on any atom is -0.396 e. The first-order chi connectivity index (χ1) is 7.20. The summed E-state index contributed by atoms with van der Waals surface area (Å²) in [5.74, 6) is 0.474. The number of hydrogen-bond acceptors (Lipinski definition) is 4. The Morgan fingerprint density at radius 3 is 2.27 bits per heavy atom. The summed E-state index contributed by atoms with van der Waals surface area (Å²) in [4.78, 5) is 2.37. The molecule has 4 aliphatic rings. The lowest BCUT2D eigenvalue weighted by atomic mass is 9.57. The minimum absolute atomic E-state index is 0.0913. The van der Waals surface area contributed by atoms with Gasteiger partial charge in [-0.2, -0.15) is 0 Å². The fraction of sp³-hybridized carbons (Fsp3) is 1.00. The Morgan fingerprint density at radius 1 is 1.27 bits per heavy atom. The second kappa shape index (κ2) is 3.17. The fourth-order valence-electron chi connectivity index (χ4n) is 3.61. The smallest absolute Gasteiger partial charge is 0.120 e. The summed E-state index contributed by atoms with van der Waals surface area (Å²) in [5.41, 5.74) is -1.09. The molecule has 86 valence electrons. The van der Waals surface area contributed by atoms with Crippen LogP contribution in [0.5, 0.6) is 0 Å². The zero-order chi connectivity index (χ0) is 10.5. The fourth-order valence-corrected chi connectivity index (χ4v) is 3.61. The van der Waals surface area contributed by atoms with Gasteiger partial charge in [0.1, 0.15) is 5.60 Å². The highest BCUT2D eigenvalue weighted by Crippen LogP contribution is 2.51. The molecule has 2 N–H and O–H groups in total. The van der Waals surface area contributed by atoms with E-state index in [1.54, 1.807) is 0 Å². The number of piperidine rings is 3. The molecule has 0 aliphatic carbocycles. The van der Waals surface area contributed by atoms with Crippen LogP contribution >= 0.6 is 0 Å². The van der Waals surface area contributed by atoms with Gasteiger partial charge in [0, 0.05) is 12.0 Å². The van der Waals surface area contributed by atoms with E-state index in [-0.39, 0.29) is 12.0 Å². The van der Waals surface area contributed by atoms with E-state index in [9.17, 15) is 10.2 Å². The van der Waals surface area contributed by atoms with Crippen molar-refractivity contribution in [1.82, 2.24) is 4.90 Å². The number of nitrogens with zero attached hydrogens (tertiary/aromatic N) is 1. The van der Waals surface area contributed by atoms with Gasteiger partial charge in [-0.1, -0.05) is 0 Å². The van der Waals surface area contributed by atoms with E-state index >= 15 is 0 Å². The molecular formula is C11H19NO3. The van der Waals surface area contributed by atoms with Crippen molar-refractivity contribution in [3.8, 4) is 0 Å². The lowest BCUT2D eigenvalue weighted by Crippen LogP contribution is -2.72. The van der Waals surface area contributed by atoms with Gasteiger partial charge in [0.15, 0.2) is 0 Å². The normalized spacial score (nSPS) is 47.6. The number of hydrogen-bond donors (Lipinski definition) is 2. The summed E-state index contributed by atoms with van der Waals surface area (Å²) in [6.45, 7) is 3.99. The summed E-state index contributed by atoms with van der Waals surface area (Å²) in [5, 5.41) is 20.2. The van der Waals surface area contributed by atoms with E-state index in [0.717, 1.165) is 32.5 Å². The van der Waals surface area contributed by atoms with Crippen LogP contribution in [-0.4, -0.2) is 60.2 Å². The molecule has 0 saturated carbocycles. The van der Waals surface area contributed by atoms with Crippen molar-refractivity contribution in [2.24, 2.45) is 11.3 Å². The first kappa shape index (κ1) is 10.0. The van der Waals surface area contributed by atoms with Gasteiger partial charge in [0.2, 0.25) is 0 Å². The number of rotatable bonds is 2. The maximum atomic E-state index is 10.5. The van der Waals surface area contributed by atoms with Crippen molar-refractivity contribution in [3.63, 3.8) is 0 Å². The van der Waals surface area contributed by atoms with E-state index in [1.807, 2.05) is 0 Å². The van der Waals surface area contributed by atoms with E-state index in [0.29, 0.717) is 19.1 Å². The first-order valence-corrected chi connectivity index (χ1v) is 5.84. The molecule has 0 radical (unpaired) electrons. The summed E-state index contributed by atoms with van der Waals surface area (Å²) in [6.07, 6.45) is 2.23. The van der Waals surface area contributed by atoms with Crippen molar-refractivity contribution in [1.29, 1.82) is 0 Å². The Bertz CT molecular complexity index is 259. The number of ether oxygens (including phenoxy) is 1. The molecule has 1 atom stereocenters. The molecule has 4 aliphatic heterocycles. The Morgan fingerprint density at radius 2 is 1.93 bits per heavy atom. The quantitative estimate of drug-likeness (QED) is 0.646. The van der Waals surface area contributed by atoms with Crippen molar-refractivity contribution in [2.75, 3.05) is 39.5 Å². The molecule has 2 bridgehead atoms. The van der Waals surface area contributed by atoms with Crippen LogP contribution < -0.4 is 0 Å². The number of aliphatic hydroxyl groups excluding tert-OH is 1. The topological polar surface area (TPSA) is 52.9 Å². The average Bonchev–Trinajstić information content (AvgIpc) is 2.27. The lowest BCUT2D eigenvalue weighted by molar-refractivity contribution is -0.284. The van der Waals surface area contributed by atoms with Crippen LogP contribution in [0.25, 0.3) is 0 Å². The van der Waals surface area contributed by atoms with Crippen molar-refractivity contribution in [3.05, 3.63) is 0 Å². The van der Waals surface area contributed by atoms with Gasteiger partial charge in [-0.05, 0) is 31.8 Å². The van der Waals surface area contributed by atoms with Crippen LogP contribution in [0.1, 0.15) is 12.8 Å². The van der Waals surface area contributed by atoms with E-state index in [2.05, 4.69) is 4.90 Å². The molecule has 4 fully saturated rings. The third-order valence-corrected chi connectivity index (χ3v) is 4.77. The largest absolute Gasteiger partial charge is 0.396 e. The van der Waals surface area contributed by atoms with Crippen LogP contribution in [0, 0.1) is 11.3 Å². The van der Waals surface area contributed by atoms with Gasteiger partial charge in [0.05, 0.1) is 19.8 Å². The monoisotopic (exact) mass is 213 g/mol. The highest BCUT2D eigenvalue weighted by Gasteiger charge is 2.61. The SMILES string of the molecule is OCC1(C2(O)COC2)CN2CCC1CC2. The third kappa shape index (κ3) is 1.16. The predicted octanol–water partition coefficient (Wildman–Crippen LogP) is -0.548. The molecule has 1 unspecified atom stereocenters. The van der Waals surface area contributed by atoms with E-state index < -0.39 is 5.60 Å². The third-order valence-electron chi connectivity index (χ3n) is 4.77. The van der Waals surface area contributed by atoms with Crippen LogP contribution in [0.15, 0.2) is 0 Å². The van der Waals surface area contributed by atoms with E-state index in [1.165, 1.54) is 0 Å². The second-order valence-electron chi connectivity index (χ2n) is 5.39. The van der Waals surface area contributed by atoms with Gasteiger partial charge in [-0.3, -0.25) is 0 Å². The molecule has 4 heterocycles. The predicted molar refractivity (Wildman–Crippen MR) is 54.5 cm³/mol. The van der Waals surface area contributed by atoms with E-state index in [4.69, 9.17) is 4.74 Å². The summed E-state index contributed by atoms with van der Waals surface area (Å²) in [6, 6.07) is 0. The maximum absolute atomic E-state index is 10.5. The van der Waals surface area contributed by atoms with Crippen LogP contribution in [0.3, 0.4) is 0 Å². The lowest BCUT2D eigenvalue weighted by Gasteiger charge is -2.61. The molecule has 0 aromatic rings. The van der Waals surface area contributed by atoms with Gasteiger partial charge >= 0.3 is 0 Å². The van der Waals surface area contributed by atoms with Crippen molar-refractivity contribution >= 4 is 0 Å². The average molecular weight is 213 g/mol. The highest BCUT2D eigenvalue weighted by atomic mass is 16.5. The van der Waals surface area contributed by atoms with Crippen molar-refractivity contribution in [2.45, 2.75) is 18.4 Å². The number of fused-ring (bicyclic) bond motifs is 3. The highest BCUT2D eigenvalue weighted by molar-refractivity contribution is 5.11. The molecule has 4 saturated heterocycles. The van der Waals surface area contributed by atoms with Gasteiger partial charge in [-0.15, -0.1) is 0 Å².